The number of aliphatic hydroxyl groups is 1. The highest BCUT2D eigenvalue weighted by Crippen LogP contribution is 2.31. The largest absolute Gasteiger partial charge is 0.389 e. The van der Waals surface area contributed by atoms with Crippen molar-refractivity contribution in [2.24, 2.45) is 0 Å². The van der Waals surface area contributed by atoms with Crippen molar-refractivity contribution >= 4 is 11.8 Å². The van der Waals surface area contributed by atoms with E-state index in [2.05, 4.69) is 10.2 Å². The van der Waals surface area contributed by atoms with Gasteiger partial charge in [0.05, 0.1) is 6.10 Å². The maximum atomic E-state index is 11.5. The van der Waals surface area contributed by atoms with Crippen molar-refractivity contribution in [3.05, 3.63) is 40.3 Å². The second-order valence-electron chi connectivity index (χ2n) is 3.87. The van der Waals surface area contributed by atoms with Crippen LogP contribution in [0.25, 0.3) is 0 Å². The summed E-state index contributed by atoms with van der Waals surface area (Å²) in [5.74, 6) is 0. The van der Waals surface area contributed by atoms with Gasteiger partial charge < -0.3 is 5.11 Å². The molecule has 1 aromatic carbocycles. The van der Waals surface area contributed by atoms with E-state index in [0.29, 0.717) is 11.7 Å². The summed E-state index contributed by atoms with van der Waals surface area (Å²) in [6, 6.07) is 7.55. The molecule has 0 aliphatic heterocycles. The summed E-state index contributed by atoms with van der Waals surface area (Å²) >= 11 is 1.38. The normalized spacial score (nSPS) is 12.6. The molecule has 0 spiro atoms. The van der Waals surface area contributed by atoms with Crippen LogP contribution in [0.2, 0.25) is 0 Å². The van der Waals surface area contributed by atoms with Gasteiger partial charge in [0.1, 0.15) is 0 Å². The first-order valence-corrected chi connectivity index (χ1v) is 6.55. The Labute approximate surface area is 109 Å². The summed E-state index contributed by atoms with van der Waals surface area (Å²) in [7, 11) is 0. The van der Waals surface area contributed by atoms with Crippen LogP contribution in [-0.2, 0) is 6.54 Å². The minimum Gasteiger partial charge on any atom is -0.389 e. The van der Waals surface area contributed by atoms with E-state index in [0.717, 1.165) is 10.5 Å². The quantitative estimate of drug-likeness (QED) is 0.884. The summed E-state index contributed by atoms with van der Waals surface area (Å²) in [5, 5.41) is 16.7. The van der Waals surface area contributed by atoms with Crippen LogP contribution in [0.15, 0.2) is 39.1 Å². The summed E-state index contributed by atoms with van der Waals surface area (Å²) in [5.41, 5.74) is 0.620. The minimum atomic E-state index is -0.547. The molecule has 0 aliphatic carbocycles. The van der Waals surface area contributed by atoms with Crippen molar-refractivity contribution in [3.8, 4) is 0 Å². The fraction of sp³-hybridized carbons (Fsp3) is 0.333. The van der Waals surface area contributed by atoms with Gasteiger partial charge in [0.2, 0.25) is 0 Å². The van der Waals surface area contributed by atoms with E-state index in [1.54, 1.807) is 11.5 Å². The molecule has 5 nitrogen and oxygen atoms in total. The van der Waals surface area contributed by atoms with Gasteiger partial charge in [-0.1, -0.05) is 18.2 Å². The monoisotopic (exact) mass is 265 g/mol. The highest BCUT2D eigenvalue weighted by atomic mass is 32.2. The molecule has 0 saturated heterocycles. The first kappa shape index (κ1) is 12.9. The third-order valence-electron chi connectivity index (χ3n) is 2.61. The second-order valence-corrected chi connectivity index (χ2v) is 4.88. The zero-order valence-electron chi connectivity index (χ0n) is 10.3. The van der Waals surface area contributed by atoms with E-state index >= 15 is 0 Å². The van der Waals surface area contributed by atoms with Gasteiger partial charge in [0.25, 0.3) is 0 Å². The van der Waals surface area contributed by atoms with Gasteiger partial charge >= 0.3 is 5.69 Å². The van der Waals surface area contributed by atoms with E-state index in [4.69, 9.17) is 0 Å². The molecule has 2 aromatic rings. The Bertz CT molecular complexity index is 589. The molecule has 1 aromatic heterocycles. The standard InChI is InChI=1S/C12H15N3O2S/c1-3-15-11(17)13-14-12(15)18-10-7-5-4-6-9(10)8(2)16/h4-8,16H,3H2,1-2H3,(H,13,17)/t8-/m0/s1. The van der Waals surface area contributed by atoms with Gasteiger partial charge in [-0.25, -0.2) is 9.89 Å². The van der Waals surface area contributed by atoms with Gasteiger partial charge in [0, 0.05) is 11.4 Å². The van der Waals surface area contributed by atoms with Gasteiger partial charge in [-0.05, 0) is 37.2 Å². The molecule has 96 valence electrons. The molecule has 0 unspecified atom stereocenters. The predicted octanol–water partition coefficient (Wildman–Crippen LogP) is 1.80. The van der Waals surface area contributed by atoms with Crippen molar-refractivity contribution in [3.63, 3.8) is 0 Å². The van der Waals surface area contributed by atoms with E-state index in [9.17, 15) is 9.90 Å². The van der Waals surface area contributed by atoms with Gasteiger partial charge in [-0.3, -0.25) is 4.57 Å². The van der Waals surface area contributed by atoms with E-state index in [1.165, 1.54) is 11.8 Å². The summed E-state index contributed by atoms with van der Waals surface area (Å²) in [6.45, 7) is 4.17. The summed E-state index contributed by atoms with van der Waals surface area (Å²) in [6.07, 6.45) is -0.547. The average Bonchev–Trinajstić information content (AvgIpc) is 2.70. The minimum absolute atomic E-state index is 0.213. The molecular formula is C12H15N3O2S. The number of aliphatic hydroxyl groups excluding tert-OH is 1. The Morgan fingerprint density at radius 3 is 2.89 bits per heavy atom. The first-order valence-electron chi connectivity index (χ1n) is 5.73. The topological polar surface area (TPSA) is 70.9 Å². The zero-order chi connectivity index (χ0) is 13.1. The van der Waals surface area contributed by atoms with Crippen LogP contribution in [-0.4, -0.2) is 19.9 Å². The van der Waals surface area contributed by atoms with Crippen molar-refractivity contribution in [1.29, 1.82) is 0 Å². The SMILES string of the molecule is CCn1c(Sc2ccccc2[C@H](C)O)n[nH]c1=O. The van der Waals surface area contributed by atoms with Crippen LogP contribution >= 0.6 is 11.8 Å². The van der Waals surface area contributed by atoms with E-state index in [-0.39, 0.29) is 5.69 Å². The number of benzene rings is 1. The van der Waals surface area contributed by atoms with Crippen LogP contribution in [0, 0.1) is 0 Å². The molecule has 18 heavy (non-hydrogen) atoms. The Hall–Kier alpha value is -1.53. The first-order chi connectivity index (χ1) is 8.63. The molecule has 1 atom stereocenters. The second kappa shape index (κ2) is 5.41. The number of hydrogen-bond donors (Lipinski definition) is 2. The number of nitrogens with one attached hydrogen (secondary N) is 1. The van der Waals surface area contributed by atoms with Crippen molar-refractivity contribution in [2.75, 3.05) is 0 Å². The van der Waals surface area contributed by atoms with Crippen molar-refractivity contribution in [1.82, 2.24) is 14.8 Å². The lowest BCUT2D eigenvalue weighted by Gasteiger charge is -2.10. The van der Waals surface area contributed by atoms with Crippen molar-refractivity contribution in [2.45, 2.75) is 36.5 Å². The maximum absolute atomic E-state index is 11.5. The summed E-state index contributed by atoms with van der Waals surface area (Å²) in [4.78, 5) is 12.4. The van der Waals surface area contributed by atoms with Gasteiger partial charge in [-0.2, -0.15) is 0 Å². The lowest BCUT2D eigenvalue weighted by Crippen LogP contribution is -2.16. The Balaban J connectivity index is 2.37. The van der Waals surface area contributed by atoms with Gasteiger partial charge in [-0.15, -0.1) is 5.10 Å². The van der Waals surface area contributed by atoms with Crippen molar-refractivity contribution < 1.29 is 5.11 Å². The molecule has 6 heteroatoms. The molecular weight excluding hydrogens is 250 g/mol. The predicted molar refractivity (Wildman–Crippen MR) is 69.7 cm³/mol. The maximum Gasteiger partial charge on any atom is 0.343 e. The highest BCUT2D eigenvalue weighted by Gasteiger charge is 2.13. The fourth-order valence-electron chi connectivity index (χ4n) is 1.68. The van der Waals surface area contributed by atoms with Crippen LogP contribution in [0.5, 0.6) is 0 Å². The molecule has 1 heterocycles. The lowest BCUT2D eigenvalue weighted by atomic mass is 10.1. The molecule has 0 saturated carbocycles. The Kier molecular flexibility index (Phi) is 3.88. The third-order valence-corrected chi connectivity index (χ3v) is 3.70. The lowest BCUT2D eigenvalue weighted by molar-refractivity contribution is 0.196. The molecule has 0 radical (unpaired) electrons. The number of aromatic nitrogens is 3. The number of rotatable bonds is 4. The molecule has 0 aliphatic rings. The smallest absolute Gasteiger partial charge is 0.343 e. The number of hydrogen-bond acceptors (Lipinski definition) is 4. The van der Waals surface area contributed by atoms with Crippen LogP contribution in [0.1, 0.15) is 25.5 Å². The third kappa shape index (κ3) is 2.49. The molecule has 0 fully saturated rings. The van der Waals surface area contributed by atoms with Crippen LogP contribution < -0.4 is 5.69 Å². The highest BCUT2D eigenvalue weighted by molar-refractivity contribution is 7.99. The van der Waals surface area contributed by atoms with Crippen LogP contribution in [0.4, 0.5) is 0 Å². The molecule has 0 amide bonds. The average molecular weight is 265 g/mol. The Morgan fingerprint density at radius 2 is 2.22 bits per heavy atom. The number of nitrogens with zero attached hydrogens (tertiary/aromatic N) is 2. The van der Waals surface area contributed by atoms with Crippen LogP contribution in [0.3, 0.4) is 0 Å². The van der Waals surface area contributed by atoms with E-state index < -0.39 is 6.10 Å². The van der Waals surface area contributed by atoms with Gasteiger partial charge in [0.15, 0.2) is 5.16 Å². The zero-order valence-corrected chi connectivity index (χ0v) is 11.1. The van der Waals surface area contributed by atoms with E-state index in [1.807, 2.05) is 31.2 Å². The molecule has 2 rings (SSSR count). The number of H-pyrrole nitrogens is 1. The molecule has 2 N–H and O–H groups in total. The number of aromatic amines is 1. The summed E-state index contributed by atoms with van der Waals surface area (Å²) < 4.78 is 1.56. The Morgan fingerprint density at radius 1 is 1.50 bits per heavy atom. The molecule has 0 bridgehead atoms. The fourth-order valence-corrected chi connectivity index (χ4v) is 2.79.